The maximum Gasteiger partial charge on any atom is 0.273 e. The van der Waals surface area contributed by atoms with Gasteiger partial charge in [0.1, 0.15) is 10.6 Å². The number of benzene rings is 1. The SMILES string of the molecule is CC(C)CCNC(=O)[C@H](c1ccco1)N(C(=O)c1snc(C(N)=O)c1N)c1ccc(Cl)cc1. The summed E-state index contributed by atoms with van der Waals surface area (Å²) in [5.41, 5.74) is 11.3. The summed E-state index contributed by atoms with van der Waals surface area (Å²) in [6, 6.07) is 8.47. The van der Waals surface area contributed by atoms with Crippen molar-refractivity contribution in [2.24, 2.45) is 11.7 Å². The molecule has 1 aromatic carbocycles. The normalized spacial score (nSPS) is 11.9. The Hall–Kier alpha value is -3.37. The van der Waals surface area contributed by atoms with E-state index >= 15 is 0 Å². The summed E-state index contributed by atoms with van der Waals surface area (Å²) in [6.45, 7) is 4.51. The Bertz CT molecular complexity index is 1130. The molecule has 33 heavy (non-hydrogen) atoms. The predicted molar refractivity (Wildman–Crippen MR) is 127 cm³/mol. The molecule has 174 valence electrons. The number of anilines is 2. The molecular formula is C22H24ClN5O4S. The van der Waals surface area contributed by atoms with Crippen LogP contribution in [-0.2, 0) is 4.79 Å². The first-order valence-electron chi connectivity index (χ1n) is 10.2. The van der Waals surface area contributed by atoms with E-state index in [9.17, 15) is 14.4 Å². The largest absolute Gasteiger partial charge is 0.467 e. The molecule has 0 radical (unpaired) electrons. The molecule has 1 atom stereocenters. The van der Waals surface area contributed by atoms with Gasteiger partial charge in [-0.15, -0.1) is 0 Å². The van der Waals surface area contributed by atoms with Gasteiger partial charge < -0.3 is 21.2 Å². The number of nitrogen functional groups attached to an aromatic ring is 1. The zero-order valence-corrected chi connectivity index (χ0v) is 19.7. The van der Waals surface area contributed by atoms with Crippen molar-refractivity contribution in [1.29, 1.82) is 0 Å². The third kappa shape index (κ3) is 5.52. The van der Waals surface area contributed by atoms with E-state index in [1.165, 1.54) is 11.2 Å². The van der Waals surface area contributed by atoms with Gasteiger partial charge in [-0.1, -0.05) is 25.4 Å². The Morgan fingerprint density at radius 3 is 2.45 bits per heavy atom. The van der Waals surface area contributed by atoms with Gasteiger partial charge in [0, 0.05) is 17.3 Å². The van der Waals surface area contributed by atoms with Gasteiger partial charge >= 0.3 is 0 Å². The summed E-state index contributed by atoms with van der Waals surface area (Å²) >= 11 is 6.77. The highest BCUT2D eigenvalue weighted by Crippen LogP contribution is 2.33. The number of nitrogens with one attached hydrogen (secondary N) is 1. The quantitative estimate of drug-likeness (QED) is 0.418. The van der Waals surface area contributed by atoms with E-state index in [4.69, 9.17) is 27.5 Å². The van der Waals surface area contributed by atoms with Gasteiger partial charge in [-0.3, -0.25) is 19.3 Å². The molecule has 0 saturated carbocycles. The van der Waals surface area contributed by atoms with Crippen LogP contribution in [0.5, 0.6) is 0 Å². The van der Waals surface area contributed by atoms with Crippen LogP contribution in [0.25, 0.3) is 0 Å². The van der Waals surface area contributed by atoms with E-state index in [2.05, 4.69) is 9.69 Å². The van der Waals surface area contributed by atoms with Crippen molar-refractivity contribution < 1.29 is 18.8 Å². The van der Waals surface area contributed by atoms with E-state index in [-0.39, 0.29) is 22.0 Å². The summed E-state index contributed by atoms with van der Waals surface area (Å²) in [4.78, 5) is 39.9. The molecule has 0 spiro atoms. The molecule has 2 heterocycles. The van der Waals surface area contributed by atoms with E-state index in [1.807, 2.05) is 13.8 Å². The Labute approximate surface area is 199 Å². The number of hydrogen-bond acceptors (Lipinski definition) is 7. The molecule has 0 aliphatic carbocycles. The third-order valence-corrected chi connectivity index (χ3v) is 5.92. The molecule has 5 N–H and O–H groups in total. The lowest BCUT2D eigenvalue weighted by Gasteiger charge is -2.29. The lowest BCUT2D eigenvalue weighted by Crippen LogP contribution is -2.44. The van der Waals surface area contributed by atoms with E-state index in [0.29, 0.717) is 23.2 Å². The number of nitrogens with zero attached hydrogens (tertiary/aromatic N) is 2. The zero-order valence-electron chi connectivity index (χ0n) is 18.1. The van der Waals surface area contributed by atoms with Crippen molar-refractivity contribution in [1.82, 2.24) is 9.69 Å². The average Bonchev–Trinajstić information content (AvgIpc) is 3.42. The van der Waals surface area contributed by atoms with Crippen LogP contribution in [0.2, 0.25) is 5.02 Å². The molecule has 3 aromatic rings. The second-order valence-electron chi connectivity index (χ2n) is 7.68. The topological polar surface area (TPSA) is 145 Å². The first-order valence-corrected chi connectivity index (χ1v) is 11.3. The minimum Gasteiger partial charge on any atom is -0.467 e. The number of halogens is 1. The fourth-order valence-corrected chi connectivity index (χ4v) is 3.99. The maximum atomic E-state index is 13.7. The third-order valence-electron chi connectivity index (χ3n) is 4.82. The second kappa shape index (κ2) is 10.5. The molecule has 0 unspecified atom stereocenters. The fraction of sp³-hybridized carbons (Fsp3) is 0.273. The minimum absolute atomic E-state index is 0.0229. The standard InChI is InChI=1S/C22H24ClN5O4S/c1-12(2)9-10-26-21(30)18(15-4-3-11-32-15)28(14-7-5-13(23)6-8-14)22(31)19-16(24)17(20(25)29)27-33-19/h3-8,11-12,18H,9-10,24H2,1-2H3,(H2,25,29)(H,26,30)/t18-/m0/s1. The van der Waals surface area contributed by atoms with Crippen LogP contribution >= 0.6 is 23.1 Å². The molecule has 0 aliphatic rings. The number of carbonyl (C=O) groups excluding carboxylic acids is 3. The van der Waals surface area contributed by atoms with Crippen LogP contribution in [0.4, 0.5) is 11.4 Å². The summed E-state index contributed by atoms with van der Waals surface area (Å²) < 4.78 is 9.44. The number of hydrogen-bond donors (Lipinski definition) is 3. The average molecular weight is 490 g/mol. The number of furan rings is 1. The molecule has 0 bridgehead atoms. The Morgan fingerprint density at radius 2 is 1.91 bits per heavy atom. The number of rotatable bonds is 9. The van der Waals surface area contributed by atoms with Crippen LogP contribution in [0.3, 0.4) is 0 Å². The van der Waals surface area contributed by atoms with Crippen molar-refractivity contribution in [3.63, 3.8) is 0 Å². The van der Waals surface area contributed by atoms with Crippen LogP contribution in [0.1, 0.15) is 52.2 Å². The molecule has 2 aromatic heterocycles. The molecule has 11 heteroatoms. The van der Waals surface area contributed by atoms with Crippen molar-refractivity contribution in [3.05, 3.63) is 64.0 Å². The van der Waals surface area contributed by atoms with Crippen molar-refractivity contribution >= 4 is 52.2 Å². The molecule has 0 saturated heterocycles. The van der Waals surface area contributed by atoms with Crippen LogP contribution in [0.15, 0.2) is 47.1 Å². The Morgan fingerprint density at radius 1 is 1.21 bits per heavy atom. The van der Waals surface area contributed by atoms with Gasteiger partial charge in [0.05, 0.1) is 12.0 Å². The summed E-state index contributed by atoms with van der Waals surface area (Å²) in [5, 5.41) is 3.33. The number of amides is 3. The Balaban J connectivity index is 2.09. The first-order chi connectivity index (χ1) is 15.7. The van der Waals surface area contributed by atoms with Crippen LogP contribution in [-0.4, -0.2) is 28.6 Å². The van der Waals surface area contributed by atoms with Gasteiger partial charge in [0.2, 0.25) is 0 Å². The monoisotopic (exact) mass is 489 g/mol. The minimum atomic E-state index is -1.15. The van der Waals surface area contributed by atoms with Gasteiger partial charge in [-0.05, 0) is 60.3 Å². The molecule has 3 rings (SSSR count). The zero-order chi connectivity index (χ0) is 24.1. The summed E-state index contributed by atoms with van der Waals surface area (Å²) in [7, 11) is 0. The van der Waals surface area contributed by atoms with Gasteiger partial charge in [0.15, 0.2) is 11.7 Å². The summed E-state index contributed by atoms with van der Waals surface area (Å²) in [5.74, 6) is -1.30. The highest BCUT2D eigenvalue weighted by atomic mass is 35.5. The molecule has 0 fully saturated rings. The molecule has 3 amide bonds. The fourth-order valence-electron chi connectivity index (χ4n) is 3.13. The van der Waals surface area contributed by atoms with E-state index < -0.39 is 23.8 Å². The highest BCUT2D eigenvalue weighted by Gasteiger charge is 2.37. The van der Waals surface area contributed by atoms with Crippen LogP contribution < -0.4 is 21.7 Å². The number of nitrogens with two attached hydrogens (primary N) is 2. The van der Waals surface area contributed by atoms with Crippen LogP contribution in [0, 0.1) is 5.92 Å². The number of carbonyl (C=O) groups is 3. The highest BCUT2D eigenvalue weighted by molar-refractivity contribution is 7.09. The number of aromatic nitrogens is 1. The first kappa shape index (κ1) is 24.3. The predicted octanol–water partition coefficient (Wildman–Crippen LogP) is 3.62. The van der Waals surface area contributed by atoms with E-state index in [1.54, 1.807) is 36.4 Å². The lowest BCUT2D eigenvalue weighted by atomic mass is 10.1. The lowest BCUT2D eigenvalue weighted by molar-refractivity contribution is -0.122. The van der Waals surface area contributed by atoms with Crippen molar-refractivity contribution in [2.45, 2.75) is 26.3 Å². The van der Waals surface area contributed by atoms with Crippen molar-refractivity contribution in [3.8, 4) is 0 Å². The second-order valence-corrected chi connectivity index (χ2v) is 8.89. The molecule has 9 nitrogen and oxygen atoms in total. The van der Waals surface area contributed by atoms with Gasteiger partial charge in [-0.2, -0.15) is 4.37 Å². The van der Waals surface area contributed by atoms with Crippen molar-refractivity contribution in [2.75, 3.05) is 17.2 Å². The molecular weight excluding hydrogens is 466 g/mol. The summed E-state index contributed by atoms with van der Waals surface area (Å²) in [6.07, 6.45) is 2.18. The molecule has 0 aliphatic heterocycles. The number of primary amides is 1. The van der Waals surface area contributed by atoms with Gasteiger partial charge in [-0.25, -0.2) is 0 Å². The van der Waals surface area contributed by atoms with E-state index in [0.717, 1.165) is 18.0 Å². The van der Waals surface area contributed by atoms with Gasteiger partial charge in [0.25, 0.3) is 17.7 Å². The Kier molecular flexibility index (Phi) is 7.72. The smallest absolute Gasteiger partial charge is 0.273 e. The maximum absolute atomic E-state index is 13.7.